The van der Waals surface area contributed by atoms with E-state index in [1.807, 2.05) is 6.92 Å². The molecule has 0 aromatic carbocycles. The molecule has 1 unspecified atom stereocenters. The molecule has 4 nitrogen and oxygen atoms in total. The molecule has 0 bridgehead atoms. The van der Waals surface area contributed by atoms with E-state index in [-0.39, 0.29) is 12.1 Å². The van der Waals surface area contributed by atoms with Crippen molar-refractivity contribution in [2.45, 2.75) is 45.6 Å². The van der Waals surface area contributed by atoms with Crippen molar-refractivity contribution in [1.29, 1.82) is 0 Å². The maximum atomic E-state index is 11.3. The summed E-state index contributed by atoms with van der Waals surface area (Å²) in [6.45, 7) is 5.39. The molecule has 2 amide bonds. The maximum Gasteiger partial charge on any atom is 0.315 e. The number of carbonyl (C=O) groups is 1. The molecule has 0 saturated carbocycles. The molecule has 84 valence electrons. The number of carbonyl (C=O) groups excluding carboxylic acids is 1. The van der Waals surface area contributed by atoms with Crippen LogP contribution in [0.1, 0.15) is 39.5 Å². The van der Waals surface area contributed by atoms with Gasteiger partial charge in [-0.1, -0.05) is 26.7 Å². The summed E-state index contributed by atoms with van der Waals surface area (Å²) < 4.78 is 0. The normalized spacial score (nSPS) is 12.2. The highest BCUT2D eigenvalue weighted by molar-refractivity contribution is 5.74. The number of urea groups is 1. The number of nitrogens with one attached hydrogen (secondary N) is 2. The average molecular weight is 201 g/mol. The van der Waals surface area contributed by atoms with Gasteiger partial charge >= 0.3 is 6.03 Å². The van der Waals surface area contributed by atoms with Crippen LogP contribution in [0.2, 0.25) is 0 Å². The molecule has 4 N–H and O–H groups in total. The molecule has 0 saturated heterocycles. The molecular formula is C10H23N3O. The van der Waals surface area contributed by atoms with Crippen LogP contribution in [0.25, 0.3) is 0 Å². The third-order valence-electron chi connectivity index (χ3n) is 2.06. The lowest BCUT2D eigenvalue weighted by atomic mass is 10.1. The molecule has 0 aromatic rings. The van der Waals surface area contributed by atoms with Crippen molar-refractivity contribution < 1.29 is 4.79 Å². The lowest BCUT2D eigenvalue weighted by Gasteiger charge is -2.16. The van der Waals surface area contributed by atoms with Crippen LogP contribution in [0.15, 0.2) is 0 Å². The Morgan fingerprint density at radius 2 is 2.07 bits per heavy atom. The first-order valence-electron chi connectivity index (χ1n) is 5.49. The van der Waals surface area contributed by atoms with Crippen molar-refractivity contribution in [3.05, 3.63) is 0 Å². The summed E-state index contributed by atoms with van der Waals surface area (Å²) in [5, 5.41) is 5.63. The van der Waals surface area contributed by atoms with Gasteiger partial charge in [-0.05, 0) is 12.8 Å². The van der Waals surface area contributed by atoms with Gasteiger partial charge in [0.1, 0.15) is 0 Å². The molecule has 0 radical (unpaired) electrons. The molecule has 0 aliphatic heterocycles. The Morgan fingerprint density at radius 1 is 1.36 bits per heavy atom. The minimum Gasteiger partial charge on any atom is -0.338 e. The molecule has 0 aliphatic carbocycles. The van der Waals surface area contributed by atoms with Gasteiger partial charge in [0.25, 0.3) is 0 Å². The van der Waals surface area contributed by atoms with E-state index in [9.17, 15) is 4.79 Å². The fourth-order valence-corrected chi connectivity index (χ4v) is 1.17. The second-order valence-electron chi connectivity index (χ2n) is 3.48. The van der Waals surface area contributed by atoms with E-state index in [0.29, 0.717) is 6.54 Å². The SMILES string of the molecule is CCCCC(CN)NC(=O)NCCC. The fraction of sp³-hybridized carbons (Fsp3) is 0.900. The quantitative estimate of drug-likeness (QED) is 0.579. The number of hydrogen-bond donors (Lipinski definition) is 3. The van der Waals surface area contributed by atoms with Crippen molar-refractivity contribution in [3.8, 4) is 0 Å². The van der Waals surface area contributed by atoms with Gasteiger partial charge in [0.15, 0.2) is 0 Å². The molecular weight excluding hydrogens is 178 g/mol. The van der Waals surface area contributed by atoms with Crippen molar-refractivity contribution in [2.24, 2.45) is 5.73 Å². The van der Waals surface area contributed by atoms with Gasteiger partial charge in [0.05, 0.1) is 0 Å². The first-order valence-corrected chi connectivity index (χ1v) is 5.49. The summed E-state index contributed by atoms with van der Waals surface area (Å²) in [6, 6.07) is 0.0187. The van der Waals surface area contributed by atoms with E-state index in [1.165, 1.54) is 0 Å². The molecule has 1 atom stereocenters. The zero-order valence-electron chi connectivity index (χ0n) is 9.31. The van der Waals surface area contributed by atoms with E-state index in [4.69, 9.17) is 5.73 Å². The van der Waals surface area contributed by atoms with E-state index >= 15 is 0 Å². The summed E-state index contributed by atoms with van der Waals surface area (Å²) in [7, 11) is 0. The highest BCUT2D eigenvalue weighted by Gasteiger charge is 2.08. The Bertz CT molecular complexity index is 150. The van der Waals surface area contributed by atoms with E-state index in [2.05, 4.69) is 17.6 Å². The zero-order chi connectivity index (χ0) is 10.8. The third-order valence-corrected chi connectivity index (χ3v) is 2.06. The van der Waals surface area contributed by atoms with Crippen molar-refractivity contribution in [1.82, 2.24) is 10.6 Å². The first kappa shape index (κ1) is 13.2. The van der Waals surface area contributed by atoms with Gasteiger partial charge in [-0.25, -0.2) is 4.79 Å². The fourth-order valence-electron chi connectivity index (χ4n) is 1.17. The monoisotopic (exact) mass is 201 g/mol. The zero-order valence-corrected chi connectivity index (χ0v) is 9.31. The predicted molar refractivity (Wildman–Crippen MR) is 59.2 cm³/mol. The van der Waals surface area contributed by atoms with Gasteiger partial charge < -0.3 is 16.4 Å². The van der Waals surface area contributed by atoms with Crippen LogP contribution < -0.4 is 16.4 Å². The number of amides is 2. The largest absolute Gasteiger partial charge is 0.338 e. The number of hydrogen-bond acceptors (Lipinski definition) is 2. The lowest BCUT2D eigenvalue weighted by molar-refractivity contribution is 0.236. The third kappa shape index (κ3) is 6.71. The summed E-state index contributed by atoms with van der Waals surface area (Å²) >= 11 is 0. The lowest BCUT2D eigenvalue weighted by Crippen LogP contribution is -2.45. The van der Waals surface area contributed by atoms with Gasteiger partial charge in [-0.3, -0.25) is 0 Å². The molecule has 14 heavy (non-hydrogen) atoms. The minimum atomic E-state index is -0.0987. The maximum absolute atomic E-state index is 11.3. The van der Waals surface area contributed by atoms with Crippen LogP contribution in [0, 0.1) is 0 Å². The molecule has 4 heteroatoms. The Hall–Kier alpha value is -0.770. The molecule has 0 spiro atoms. The number of nitrogens with two attached hydrogens (primary N) is 1. The Morgan fingerprint density at radius 3 is 2.57 bits per heavy atom. The van der Waals surface area contributed by atoms with E-state index < -0.39 is 0 Å². The van der Waals surface area contributed by atoms with Crippen LogP contribution in [-0.2, 0) is 0 Å². The number of rotatable bonds is 7. The van der Waals surface area contributed by atoms with Crippen LogP contribution in [0.5, 0.6) is 0 Å². The minimum absolute atomic E-state index is 0.0987. The topological polar surface area (TPSA) is 67.1 Å². The van der Waals surface area contributed by atoms with Crippen LogP contribution in [0.4, 0.5) is 4.79 Å². The molecule has 0 rings (SSSR count). The molecule has 0 heterocycles. The summed E-state index contributed by atoms with van der Waals surface area (Å²) in [4.78, 5) is 11.3. The van der Waals surface area contributed by atoms with Crippen LogP contribution in [-0.4, -0.2) is 25.2 Å². The van der Waals surface area contributed by atoms with Gasteiger partial charge in [0.2, 0.25) is 0 Å². The highest BCUT2D eigenvalue weighted by Crippen LogP contribution is 1.98. The molecule has 0 fully saturated rings. The Labute approximate surface area is 86.6 Å². The summed E-state index contributed by atoms with van der Waals surface area (Å²) in [5.41, 5.74) is 5.55. The van der Waals surface area contributed by atoms with Crippen molar-refractivity contribution in [3.63, 3.8) is 0 Å². The predicted octanol–water partition coefficient (Wildman–Crippen LogP) is 1.21. The summed E-state index contributed by atoms with van der Waals surface area (Å²) in [5.74, 6) is 0. The molecule has 0 aliphatic rings. The second-order valence-corrected chi connectivity index (χ2v) is 3.48. The van der Waals surface area contributed by atoms with Gasteiger partial charge in [0, 0.05) is 19.1 Å². The van der Waals surface area contributed by atoms with Gasteiger partial charge in [-0.2, -0.15) is 0 Å². The van der Waals surface area contributed by atoms with Crippen LogP contribution in [0.3, 0.4) is 0 Å². The van der Waals surface area contributed by atoms with Crippen LogP contribution >= 0.6 is 0 Å². The molecule has 0 aromatic heterocycles. The average Bonchev–Trinajstić information content (AvgIpc) is 2.21. The van der Waals surface area contributed by atoms with Gasteiger partial charge in [-0.15, -0.1) is 0 Å². The summed E-state index contributed by atoms with van der Waals surface area (Å²) in [6.07, 6.45) is 4.16. The van der Waals surface area contributed by atoms with E-state index in [0.717, 1.165) is 32.2 Å². The Balaban J connectivity index is 3.62. The highest BCUT2D eigenvalue weighted by atomic mass is 16.2. The second kappa shape index (κ2) is 8.81. The van der Waals surface area contributed by atoms with E-state index in [1.54, 1.807) is 0 Å². The number of unbranched alkanes of at least 4 members (excludes halogenated alkanes) is 1. The smallest absolute Gasteiger partial charge is 0.315 e. The van der Waals surface area contributed by atoms with Crippen molar-refractivity contribution in [2.75, 3.05) is 13.1 Å². The van der Waals surface area contributed by atoms with Crippen molar-refractivity contribution >= 4 is 6.03 Å². The first-order chi connectivity index (χ1) is 6.74. The Kier molecular flexibility index (Phi) is 8.33. The standard InChI is InChI=1S/C10H23N3O/c1-3-5-6-9(8-11)13-10(14)12-7-4-2/h9H,3-8,11H2,1-2H3,(H2,12,13,14).